The molecule has 0 bridgehead atoms. The number of hydrogen-bond acceptors (Lipinski definition) is 3. The average Bonchev–Trinajstić information content (AvgIpc) is 3.25. The van der Waals surface area contributed by atoms with E-state index in [9.17, 15) is 9.18 Å². The van der Waals surface area contributed by atoms with Crippen LogP contribution in [0.1, 0.15) is 37.7 Å². The number of nitrogens with two attached hydrogens (primary N) is 1. The van der Waals surface area contributed by atoms with Crippen molar-refractivity contribution in [3.05, 3.63) is 35.6 Å². The normalized spacial score (nSPS) is 25.6. The Labute approximate surface area is 155 Å². The Morgan fingerprint density at radius 1 is 1.28 bits per heavy atom. The van der Waals surface area contributed by atoms with Crippen LogP contribution in [0.5, 0.6) is 0 Å². The second-order valence-electron chi connectivity index (χ2n) is 7.02. The maximum atomic E-state index is 13.5. The van der Waals surface area contributed by atoms with Gasteiger partial charge in [-0.2, -0.15) is 0 Å². The summed E-state index contributed by atoms with van der Waals surface area (Å²) in [6.07, 6.45) is 5.12. The third-order valence-corrected chi connectivity index (χ3v) is 5.30. The lowest BCUT2D eigenvalue weighted by Gasteiger charge is -2.30. The molecule has 3 atom stereocenters. The molecule has 1 aliphatic carbocycles. The molecule has 25 heavy (non-hydrogen) atoms. The molecule has 0 spiro atoms. The predicted molar refractivity (Wildman–Crippen MR) is 97.9 cm³/mol. The van der Waals surface area contributed by atoms with Gasteiger partial charge in [0.1, 0.15) is 5.82 Å². The van der Waals surface area contributed by atoms with Crippen molar-refractivity contribution < 1.29 is 13.9 Å². The molecule has 0 aromatic heterocycles. The highest BCUT2D eigenvalue weighted by molar-refractivity contribution is 5.85. The van der Waals surface area contributed by atoms with Gasteiger partial charge in [0.15, 0.2) is 0 Å². The first-order valence-electron chi connectivity index (χ1n) is 9.02. The smallest absolute Gasteiger partial charge is 0.226 e. The fourth-order valence-corrected chi connectivity index (χ4v) is 4.00. The molecule has 1 heterocycles. The summed E-state index contributed by atoms with van der Waals surface area (Å²) >= 11 is 0. The summed E-state index contributed by atoms with van der Waals surface area (Å²) in [5.74, 6) is 0.169. The summed E-state index contributed by atoms with van der Waals surface area (Å²) < 4.78 is 19.2. The van der Waals surface area contributed by atoms with Crippen LogP contribution in [0, 0.1) is 17.7 Å². The van der Waals surface area contributed by atoms with Crippen LogP contribution in [0.2, 0.25) is 0 Å². The lowest BCUT2D eigenvalue weighted by Crippen LogP contribution is -2.42. The third kappa shape index (κ3) is 5.16. The quantitative estimate of drug-likeness (QED) is 0.837. The molecule has 4 nitrogen and oxygen atoms in total. The molecule has 140 valence electrons. The maximum Gasteiger partial charge on any atom is 0.226 e. The van der Waals surface area contributed by atoms with Crippen LogP contribution < -0.4 is 5.73 Å². The van der Waals surface area contributed by atoms with Crippen molar-refractivity contribution in [2.75, 3.05) is 19.7 Å². The minimum Gasteiger partial charge on any atom is -0.376 e. The number of nitrogens with zero attached hydrogens (tertiary/aromatic N) is 1. The second-order valence-corrected chi connectivity index (χ2v) is 7.02. The number of rotatable bonds is 6. The van der Waals surface area contributed by atoms with Gasteiger partial charge in [-0.3, -0.25) is 4.79 Å². The molecule has 2 fully saturated rings. The molecule has 1 saturated heterocycles. The van der Waals surface area contributed by atoms with Crippen molar-refractivity contribution in [3.63, 3.8) is 0 Å². The van der Waals surface area contributed by atoms with E-state index in [4.69, 9.17) is 10.5 Å². The highest BCUT2D eigenvalue weighted by atomic mass is 35.5. The summed E-state index contributed by atoms with van der Waals surface area (Å²) in [5, 5.41) is 0. The van der Waals surface area contributed by atoms with E-state index in [0.717, 1.165) is 44.3 Å². The largest absolute Gasteiger partial charge is 0.376 e. The van der Waals surface area contributed by atoms with E-state index in [-0.39, 0.29) is 42.1 Å². The Kier molecular flexibility index (Phi) is 7.66. The first kappa shape index (κ1) is 20.1. The van der Waals surface area contributed by atoms with E-state index in [0.29, 0.717) is 19.6 Å². The zero-order valence-corrected chi connectivity index (χ0v) is 15.3. The molecule has 1 aromatic rings. The van der Waals surface area contributed by atoms with E-state index < -0.39 is 0 Å². The van der Waals surface area contributed by atoms with E-state index in [1.165, 1.54) is 12.1 Å². The molecular weight excluding hydrogens is 343 g/mol. The standard InChI is InChI=1S/C19H27FN2O2.ClH/c20-16-6-1-4-14(10-16)12-22(13-17-7-3-9-24-17)19(23)18-8-2-5-15(18)11-21;/h1,4,6,10,15,17-18H,2-3,5,7-9,11-13,21H2;1H/t15-,17?,18-;/m1./s1. The maximum absolute atomic E-state index is 13.5. The first-order valence-corrected chi connectivity index (χ1v) is 9.02. The van der Waals surface area contributed by atoms with Gasteiger partial charge in [0, 0.05) is 25.6 Å². The van der Waals surface area contributed by atoms with Gasteiger partial charge in [0.05, 0.1) is 6.10 Å². The molecule has 2 N–H and O–H groups in total. The van der Waals surface area contributed by atoms with Gasteiger partial charge in [-0.05, 0) is 55.8 Å². The topological polar surface area (TPSA) is 55.6 Å². The Balaban J connectivity index is 0.00000225. The predicted octanol–water partition coefficient (Wildman–Crippen LogP) is 3.13. The molecule has 1 saturated carbocycles. The van der Waals surface area contributed by atoms with Crippen molar-refractivity contribution in [1.29, 1.82) is 0 Å². The lowest BCUT2D eigenvalue weighted by molar-refractivity contribution is -0.138. The number of halogens is 2. The number of amides is 1. The zero-order chi connectivity index (χ0) is 16.9. The van der Waals surface area contributed by atoms with Gasteiger partial charge in [-0.1, -0.05) is 18.6 Å². The highest BCUT2D eigenvalue weighted by Crippen LogP contribution is 2.33. The SMILES string of the molecule is Cl.NC[C@H]1CCC[C@H]1C(=O)N(Cc1cccc(F)c1)CC1CCCO1. The van der Waals surface area contributed by atoms with Crippen LogP contribution in [0.3, 0.4) is 0 Å². The van der Waals surface area contributed by atoms with Gasteiger partial charge in [0.25, 0.3) is 0 Å². The number of ether oxygens (including phenoxy) is 1. The Bertz CT molecular complexity index is 566. The van der Waals surface area contributed by atoms with Gasteiger partial charge in [-0.15, -0.1) is 12.4 Å². The number of hydrogen-bond donors (Lipinski definition) is 1. The van der Waals surface area contributed by atoms with Gasteiger partial charge >= 0.3 is 0 Å². The van der Waals surface area contributed by atoms with Gasteiger partial charge < -0.3 is 15.4 Å². The summed E-state index contributed by atoms with van der Waals surface area (Å²) in [6, 6.07) is 6.49. The fraction of sp³-hybridized carbons (Fsp3) is 0.632. The van der Waals surface area contributed by atoms with Crippen LogP contribution >= 0.6 is 12.4 Å². The fourth-order valence-electron chi connectivity index (χ4n) is 4.00. The van der Waals surface area contributed by atoms with Crippen LogP contribution in [-0.4, -0.2) is 36.6 Å². The molecule has 3 rings (SSSR count). The van der Waals surface area contributed by atoms with Crippen LogP contribution in [0.4, 0.5) is 4.39 Å². The molecule has 0 radical (unpaired) electrons. The summed E-state index contributed by atoms with van der Waals surface area (Å²) in [6.45, 7) is 2.35. The number of carbonyl (C=O) groups excluding carboxylic acids is 1. The summed E-state index contributed by atoms with van der Waals surface area (Å²) in [4.78, 5) is 15.0. The van der Waals surface area contributed by atoms with Crippen molar-refractivity contribution in [1.82, 2.24) is 4.90 Å². The zero-order valence-electron chi connectivity index (χ0n) is 14.5. The second kappa shape index (κ2) is 9.51. The molecule has 1 aromatic carbocycles. The van der Waals surface area contributed by atoms with Gasteiger partial charge in [-0.25, -0.2) is 4.39 Å². The van der Waals surface area contributed by atoms with Crippen LogP contribution in [0.15, 0.2) is 24.3 Å². The minimum absolute atomic E-state index is 0. The number of carbonyl (C=O) groups is 1. The van der Waals surface area contributed by atoms with E-state index in [2.05, 4.69) is 0 Å². The summed E-state index contributed by atoms with van der Waals surface area (Å²) in [5.41, 5.74) is 6.68. The van der Waals surface area contributed by atoms with Gasteiger partial charge in [0.2, 0.25) is 5.91 Å². The van der Waals surface area contributed by atoms with E-state index >= 15 is 0 Å². The monoisotopic (exact) mass is 370 g/mol. The van der Waals surface area contributed by atoms with Crippen molar-refractivity contribution in [2.45, 2.75) is 44.8 Å². The summed E-state index contributed by atoms with van der Waals surface area (Å²) in [7, 11) is 0. The molecule has 1 aliphatic heterocycles. The van der Waals surface area contributed by atoms with E-state index in [1.54, 1.807) is 6.07 Å². The molecule has 2 aliphatic rings. The third-order valence-electron chi connectivity index (χ3n) is 5.30. The Morgan fingerprint density at radius 2 is 2.12 bits per heavy atom. The van der Waals surface area contributed by atoms with Crippen molar-refractivity contribution in [2.24, 2.45) is 17.6 Å². The Morgan fingerprint density at radius 3 is 2.80 bits per heavy atom. The average molecular weight is 371 g/mol. The number of benzene rings is 1. The molecular formula is C19H28ClFN2O2. The van der Waals surface area contributed by atoms with Crippen LogP contribution in [0.25, 0.3) is 0 Å². The minimum atomic E-state index is -0.266. The molecule has 1 unspecified atom stereocenters. The first-order chi connectivity index (χ1) is 11.7. The Hall–Kier alpha value is -1.17. The highest BCUT2D eigenvalue weighted by Gasteiger charge is 2.35. The van der Waals surface area contributed by atoms with E-state index in [1.807, 2.05) is 11.0 Å². The van der Waals surface area contributed by atoms with Crippen molar-refractivity contribution in [3.8, 4) is 0 Å². The molecule has 6 heteroatoms. The molecule has 1 amide bonds. The van der Waals surface area contributed by atoms with Crippen molar-refractivity contribution >= 4 is 18.3 Å². The van der Waals surface area contributed by atoms with Crippen LogP contribution in [-0.2, 0) is 16.1 Å². The lowest BCUT2D eigenvalue weighted by atomic mass is 9.94.